The number of halogens is 3. The summed E-state index contributed by atoms with van der Waals surface area (Å²) in [6, 6.07) is 6.45. The van der Waals surface area contributed by atoms with Crippen LogP contribution in [0, 0.1) is 17.5 Å². The highest BCUT2D eigenvalue weighted by atomic mass is 32.2. The lowest BCUT2D eigenvalue weighted by Crippen LogP contribution is -2.10. The van der Waals surface area contributed by atoms with Gasteiger partial charge in [0.2, 0.25) is 0 Å². The van der Waals surface area contributed by atoms with Gasteiger partial charge in [-0.2, -0.15) is 8.42 Å². The molecule has 0 fully saturated rings. The minimum absolute atomic E-state index is 0.260. The van der Waals surface area contributed by atoms with Crippen molar-refractivity contribution in [1.82, 2.24) is 0 Å². The van der Waals surface area contributed by atoms with Crippen molar-refractivity contribution in [2.45, 2.75) is 4.90 Å². The fraction of sp³-hybridized carbons (Fsp3) is 0. The minimum Gasteiger partial charge on any atom is -0.379 e. The van der Waals surface area contributed by atoms with Crippen molar-refractivity contribution in [3.05, 3.63) is 59.9 Å². The molecule has 0 bridgehead atoms. The van der Waals surface area contributed by atoms with Crippen LogP contribution in [0.2, 0.25) is 0 Å². The van der Waals surface area contributed by atoms with E-state index < -0.39 is 32.5 Å². The maximum absolute atomic E-state index is 13.0. The third kappa shape index (κ3) is 3.05. The van der Waals surface area contributed by atoms with Gasteiger partial charge in [-0.25, -0.2) is 13.2 Å². The summed E-state index contributed by atoms with van der Waals surface area (Å²) in [7, 11) is -4.34. The van der Waals surface area contributed by atoms with Gasteiger partial charge in [-0.1, -0.05) is 6.07 Å². The molecule has 0 atom stereocenters. The van der Waals surface area contributed by atoms with Crippen LogP contribution in [0.3, 0.4) is 0 Å². The number of hydrogen-bond acceptors (Lipinski definition) is 3. The Balaban J connectivity index is 2.35. The molecule has 0 amide bonds. The van der Waals surface area contributed by atoms with Gasteiger partial charge in [0, 0.05) is 6.07 Å². The van der Waals surface area contributed by atoms with Crippen LogP contribution in [0.5, 0.6) is 5.75 Å². The van der Waals surface area contributed by atoms with Crippen LogP contribution in [0.15, 0.2) is 47.4 Å². The predicted octanol–water partition coefficient (Wildman–Crippen LogP) is 2.87. The van der Waals surface area contributed by atoms with Gasteiger partial charge in [-0.15, -0.1) is 0 Å². The van der Waals surface area contributed by atoms with Gasteiger partial charge in [0.15, 0.2) is 11.6 Å². The molecule has 0 radical (unpaired) electrons. The largest absolute Gasteiger partial charge is 0.379 e. The van der Waals surface area contributed by atoms with Crippen LogP contribution in [-0.4, -0.2) is 8.42 Å². The average Bonchev–Trinajstić information content (AvgIpc) is 2.32. The van der Waals surface area contributed by atoms with Crippen molar-refractivity contribution in [3.63, 3.8) is 0 Å². The molecule has 0 saturated carbocycles. The molecule has 0 aliphatic rings. The second-order valence-corrected chi connectivity index (χ2v) is 5.12. The Morgan fingerprint density at radius 1 is 0.895 bits per heavy atom. The van der Waals surface area contributed by atoms with E-state index in [1.54, 1.807) is 0 Å². The molecule has 0 aliphatic heterocycles. The molecule has 2 aromatic rings. The molecule has 0 N–H and O–H groups in total. The van der Waals surface area contributed by atoms with E-state index in [1.807, 2.05) is 0 Å². The minimum atomic E-state index is -4.34. The zero-order valence-corrected chi connectivity index (χ0v) is 10.1. The topological polar surface area (TPSA) is 43.4 Å². The lowest BCUT2D eigenvalue weighted by Gasteiger charge is -2.07. The molecule has 100 valence electrons. The predicted molar refractivity (Wildman–Crippen MR) is 60.6 cm³/mol. The molecule has 7 heteroatoms. The van der Waals surface area contributed by atoms with Crippen molar-refractivity contribution < 1.29 is 25.8 Å². The highest BCUT2D eigenvalue weighted by Crippen LogP contribution is 2.20. The summed E-state index contributed by atoms with van der Waals surface area (Å²) in [5.41, 5.74) is 0. The molecular weight excluding hydrogens is 281 g/mol. The van der Waals surface area contributed by atoms with Gasteiger partial charge >= 0.3 is 10.1 Å². The van der Waals surface area contributed by atoms with Crippen LogP contribution in [-0.2, 0) is 10.1 Å². The highest BCUT2D eigenvalue weighted by molar-refractivity contribution is 7.87. The Hall–Kier alpha value is -2.02. The van der Waals surface area contributed by atoms with Crippen LogP contribution in [0.4, 0.5) is 13.2 Å². The van der Waals surface area contributed by atoms with Crippen molar-refractivity contribution in [2.24, 2.45) is 0 Å². The molecule has 0 unspecified atom stereocenters. The van der Waals surface area contributed by atoms with Crippen molar-refractivity contribution >= 4 is 10.1 Å². The third-order valence-corrected chi connectivity index (χ3v) is 3.42. The van der Waals surface area contributed by atoms with E-state index in [-0.39, 0.29) is 5.75 Å². The summed E-state index contributed by atoms with van der Waals surface area (Å²) in [6.07, 6.45) is 0. The van der Waals surface area contributed by atoms with E-state index in [0.29, 0.717) is 12.1 Å². The van der Waals surface area contributed by atoms with Crippen molar-refractivity contribution in [3.8, 4) is 5.75 Å². The number of hydrogen-bond donors (Lipinski definition) is 0. The third-order valence-electron chi connectivity index (χ3n) is 2.18. The quantitative estimate of drug-likeness (QED) is 0.816. The second-order valence-electron chi connectivity index (χ2n) is 3.57. The zero-order valence-electron chi connectivity index (χ0n) is 9.31. The molecule has 0 aromatic heterocycles. The average molecular weight is 288 g/mol. The first-order valence-corrected chi connectivity index (χ1v) is 6.44. The number of benzene rings is 2. The summed E-state index contributed by atoms with van der Waals surface area (Å²) in [5, 5.41) is 0. The Kier molecular flexibility index (Phi) is 3.48. The van der Waals surface area contributed by atoms with E-state index in [9.17, 15) is 21.6 Å². The van der Waals surface area contributed by atoms with Gasteiger partial charge in [-0.3, -0.25) is 0 Å². The molecule has 19 heavy (non-hydrogen) atoms. The lowest BCUT2D eigenvalue weighted by molar-refractivity contribution is 0.477. The first kappa shape index (κ1) is 13.4. The summed E-state index contributed by atoms with van der Waals surface area (Å²) in [6.45, 7) is 0. The maximum atomic E-state index is 13.0. The molecule has 2 rings (SSSR count). The van der Waals surface area contributed by atoms with Crippen LogP contribution < -0.4 is 4.18 Å². The normalized spacial score (nSPS) is 11.3. The van der Waals surface area contributed by atoms with Crippen LogP contribution in [0.25, 0.3) is 0 Å². The molecule has 2 aromatic carbocycles. The molecule has 3 nitrogen and oxygen atoms in total. The monoisotopic (exact) mass is 288 g/mol. The van der Waals surface area contributed by atoms with Gasteiger partial charge in [0.25, 0.3) is 0 Å². The first-order chi connectivity index (χ1) is 8.88. The highest BCUT2D eigenvalue weighted by Gasteiger charge is 2.19. The van der Waals surface area contributed by atoms with Crippen molar-refractivity contribution in [2.75, 3.05) is 0 Å². The van der Waals surface area contributed by atoms with Crippen molar-refractivity contribution in [1.29, 1.82) is 0 Å². The summed E-state index contributed by atoms with van der Waals surface area (Å²) >= 11 is 0. The summed E-state index contributed by atoms with van der Waals surface area (Å²) in [4.78, 5) is -0.560. The van der Waals surface area contributed by atoms with E-state index in [0.717, 1.165) is 18.2 Å². The Morgan fingerprint density at radius 2 is 1.63 bits per heavy atom. The summed E-state index contributed by atoms with van der Waals surface area (Å²) < 4.78 is 66.6. The molecule has 0 spiro atoms. The Bertz CT molecular complexity index is 714. The van der Waals surface area contributed by atoms with E-state index in [1.165, 1.54) is 12.1 Å². The Morgan fingerprint density at radius 3 is 2.26 bits per heavy atom. The van der Waals surface area contributed by atoms with Gasteiger partial charge in [-0.05, 0) is 30.3 Å². The molecule has 0 heterocycles. The molecule has 0 aliphatic carbocycles. The summed E-state index contributed by atoms with van der Waals surface area (Å²) in [5.74, 6) is -3.43. The zero-order chi connectivity index (χ0) is 14.0. The molecule has 0 saturated heterocycles. The van der Waals surface area contributed by atoms with E-state index >= 15 is 0 Å². The Labute approximate surface area is 107 Å². The fourth-order valence-electron chi connectivity index (χ4n) is 1.33. The smallest absolute Gasteiger partial charge is 0.339 e. The van der Waals surface area contributed by atoms with Gasteiger partial charge in [0.05, 0.1) is 0 Å². The maximum Gasteiger partial charge on any atom is 0.339 e. The SMILES string of the molecule is O=S(=O)(Oc1cccc(F)c1)c1ccc(F)c(F)c1. The van der Waals surface area contributed by atoms with Gasteiger partial charge in [0.1, 0.15) is 16.5 Å². The van der Waals surface area contributed by atoms with Gasteiger partial charge < -0.3 is 4.18 Å². The van der Waals surface area contributed by atoms with E-state index in [4.69, 9.17) is 0 Å². The first-order valence-electron chi connectivity index (χ1n) is 5.03. The second kappa shape index (κ2) is 4.93. The standard InChI is InChI=1S/C12H7F3O3S/c13-8-2-1-3-9(6-8)18-19(16,17)10-4-5-11(14)12(15)7-10/h1-7H. The van der Waals surface area contributed by atoms with Crippen LogP contribution >= 0.6 is 0 Å². The number of rotatable bonds is 3. The molecular formula is C12H7F3O3S. The van der Waals surface area contributed by atoms with Crippen LogP contribution in [0.1, 0.15) is 0 Å². The lowest BCUT2D eigenvalue weighted by atomic mass is 10.3. The van der Waals surface area contributed by atoms with E-state index in [2.05, 4.69) is 4.18 Å². The fourth-order valence-corrected chi connectivity index (χ4v) is 2.26.